The van der Waals surface area contributed by atoms with Gasteiger partial charge in [0, 0.05) is 10.8 Å². The van der Waals surface area contributed by atoms with E-state index in [-0.39, 0.29) is 16.2 Å². The molecule has 0 saturated carbocycles. The molecule has 0 bridgehead atoms. The Labute approximate surface area is 83.9 Å². The summed E-state index contributed by atoms with van der Waals surface area (Å²) in [6, 6.07) is 3.43. The number of fused-ring (bicyclic) bond motifs is 1. The monoisotopic (exact) mass is 210 g/mol. The average molecular weight is 210 g/mol. The van der Waals surface area contributed by atoms with Crippen molar-refractivity contribution < 1.29 is 17.6 Å². The summed E-state index contributed by atoms with van der Waals surface area (Å²) in [5.41, 5.74) is 0.145. The fraction of sp³-hybridized carbons (Fsp3) is 0. The Balaban J connectivity index is 3.00. The van der Waals surface area contributed by atoms with Crippen LogP contribution in [0.5, 0.6) is 0 Å². The van der Waals surface area contributed by atoms with Gasteiger partial charge in [0.15, 0.2) is 23.3 Å². The predicted octanol–water partition coefficient (Wildman–Crippen LogP) is 2.19. The van der Waals surface area contributed by atoms with Gasteiger partial charge < -0.3 is 13.3 Å². The number of hydrogen-bond donors (Lipinski definition) is 0. The van der Waals surface area contributed by atoms with Crippen LogP contribution in [0.4, 0.5) is 17.6 Å². The molecule has 3 radical (unpaired) electrons. The Morgan fingerprint density at radius 1 is 0.733 bits per heavy atom. The van der Waals surface area contributed by atoms with E-state index in [2.05, 4.69) is 0 Å². The second kappa shape index (κ2) is 3.26. The van der Waals surface area contributed by atoms with Crippen LogP contribution in [0.25, 0.3) is 10.8 Å². The van der Waals surface area contributed by atoms with Gasteiger partial charge in [-0.15, -0.1) is 6.07 Å². The molecule has 0 aliphatic rings. The van der Waals surface area contributed by atoms with Gasteiger partial charge >= 0.3 is 0 Å². The Kier molecular flexibility index (Phi) is 2.18. The van der Waals surface area contributed by atoms with Crippen LogP contribution in [-0.4, -0.2) is 7.85 Å². The smallest absolute Gasteiger partial charge is 0.198 e. The van der Waals surface area contributed by atoms with Crippen molar-refractivity contribution in [2.45, 2.75) is 0 Å². The maximum Gasteiger partial charge on any atom is 0.198 e. The summed E-state index contributed by atoms with van der Waals surface area (Å²) < 4.78 is 52.0. The molecule has 0 amide bonds. The summed E-state index contributed by atoms with van der Waals surface area (Å²) in [4.78, 5) is 0. The van der Waals surface area contributed by atoms with Crippen molar-refractivity contribution in [1.82, 2.24) is 0 Å². The van der Waals surface area contributed by atoms with Gasteiger partial charge in [0.05, 0.1) is 0 Å². The van der Waals surface area contributed by atoms with Gasteiger partial charge in [-0.1, -0.05) is 12.1 Å². The van der Waals surface area contributed by atoms with Crippen molar-refractivity contribution in [2.24, 2.45) is 0 Å². The standard InChI is InChI=1S/C10H3BF4/c11-4-1-2-5-6(3-4)8(13)10(15)9(14)7(5)12/h1-3H/q-1. The minimum absolute atomic E-state index is 0.145. The summed E-state index contributed by atoms with van der Waals surface area (Å²) in [7, 11) is 5.33. The third-order valence-corrected chi connectivity index (χ3v) is 2.09. The number of rotatable bonds is 0. The van der Waals surface area contributed by atoms with E-state index in [4.69, 9.17) is 7.85 Å². The minimum Gasteiger partial charge on any atom is -0.580 e. The van der Waals surface area contributed by atoms with Crippen LogP contribution in [0, 0.1) is 23.3 Å². The molecule has 0 fully saturated rings. The zero-order valence-corrected chi connectivity index (χ0v) is 7.32. The third kappa shape index (κ3) is 1.38. The summed E-state index contributed by atoms with van der Waals surface area (Å²) in [6.07, 6.45) is 0. The first kappa shape index (κ1) is 10.0. The van der Waals surface area contributed by atoms with Crippen molar-refractivity contribution in [1.29, 1.82) is 0 Å². The summed E-state index contributed by atoms with van der Waals surface area (Å²) >= 11 is 0. The van der Waals surface area contributed by atoms with Crippen molar-refractivity contribution in [3.8, 4) is 0 Å². The Morgan fingerprint density at radius 2 is 1.27 bits per heavy atom. The summed E-state index contributed by atoms with van der Waals surface area (Å²) in [5, 5.41) is -0.702. The lowest BCUT2D eigenvalue weighted by atomic mass is 9.93. The molecule has 2 rings (SSSR count). The van der Waals surface area contributed by atoms with Gasteiger partial charge in [-0.05, 0) is 0 Å². The van der Waals surface area contributed by atoms with E-state index in [9.17, 15) is 17.6 Å². The fourth-order valence-electron chi connectivity index (χ4n) is 1.36. The first-order chi connectivity index (χ1) is 7.02. The first-order valence-corrected chi connectivity index (χ1v) is 4.03. The second-order valence-electron chi connectivity index (χ2n) is 3.06. The number of benzene rings is 2. The Bertz CT molecular complexity index is 551. The molecule has 0 nitrogen and oxygen atoms in total. The molecular formula is C10H3BF4-. The lowest BCUT2D eigenvalue weighted by Crippen LogP contribution is -2.04. The molecule has 2 aromatic carbocycles. The lowest BCUT2D eigenvalue weighted by Gasteiger charge is -2.10. The second-order valence-corrected chi connectivity index (χ2v) is 3.06. The van der Waals surface area contributed by atoms with Gasteiger partial charge in [0.25, 0.3) is 0 Å². The maximum absolute atomic E-state index is 13.2. The Hall–Kier alpha value is -1.52. The van der Waals surface area contributed by atoms with Gasteiger partial charge in [-0.3, -0.25) is 0 Å². The molecule has 0 aliphatic heterocycles. The largest absolute Gasteiger partial charge is 0.580 e. The molecule has 0 heterocycles. The molecule has 0 atom stereocenters. The highest BCUT2D eigenvalue weighted by molar-refractivity contribution is 6.33. The van der Waals surface area contributed by atoms with E-state index in [0.29, 0.717) is 0 Å². The highest BCUT2D eigenvalue weighted by Crippen LogP contribution is 2.25. The van der Waals surface area contributed by atoms with Gasteiger partial charge in [0.2, 0.25) is 0 Å². The van der Waals surface area contributed by atoms with Gasteiger partial charge in [-0.25, -0.2) is 17.6 Å². The molecule has 0 aromatic heterocycles. The molecule has 15 heavy (non-hydrogen) atoms. The fourth-order valence-corrected chi connectivity index (χ4v) is 1.36. The van der Waals surface area contributed by atoms with E-state index >= 15 is 0 Å². The third-order valence-electron chi connectivity index (χ3n) is 2.09. The quantitative estimate of drug-likeness (QED) is 0.270. The molecule has 0 unspecified atom stereocenters. The van der Waals surface area contributed by atoms with Crippen molar-refractivity contribution in [2.75, 3.05) is 0 Å². The predicted molar refractivity (Wildman–Crippen MR) is 49.2 cm³/mol. The van der Waals surface area contributed by atoms with E-state index < -0.39 is 23.3 Å². The van der Waals surface area contributed by atoms with Crippen molar-refractivity contribution >= 4 is 24.1 Å². The van der Waals surface area contributed by atoms with Crippen LogP contribution in [0.15, 0.2) is 18.2 Å². The average Bonchev–Trinajstić information content (AvgIpc) is 2.23. The van der Waals surface area contributed by atoms with E-state index in [1.807, 2.05) is 0 Å². The molecule has 0 saturated heterocycles. The van der Waals surface area contributed by atoms with E-state index in [1.54, 1.807) is 0 Å². The van der Waals surface area contributed by atoms with Crippen LogP contribution in [0.2, 0.25) is 0 Å². The number of halogens is 4. The summed E-state index contributed by atoms with van der Waals surface area (Å²) in [5.74, 6) is -6.49. The normalized spacial score (nSPS) is 11.0. The summed E-state index contributed by atoms with van der Waals surface area (Å²) in [6.45, 7) is 0. The van der Waals surface area contributed by atoms with Crippen LogP contribution < -0.4 is 5.46 Å². The molecular weight excluding hydrogens is 207 g/mol. The van der Waals surface area contributed by atoms with E-state index in [1.165, 1.54) is 6.07 Å². The Morgan fingerprint density at radius 3 is 1.87 bits per heavy atom. The van der Waals surface area contributed by atoms with Gasteiger partial charge in [-0.2, -0.15) is 0 Å². The van der Waals surface area contributed by atoms with Gasteiger partial charge in [0.1, 0.15) is 0 Å². The van der Waals surface area contributed by atoms with Crippen molar-refractivity contribution in [3.63, 3.8) is 0 Å². The lowest BCUT2D eigenvalue weighted by molar-refractivity contribution is 0.418. The zero-order valence-electron chi connectivity index (χ0n) is 7.32. The zero-order chi connectivity index (χ0) is 11.2. The molecule has 0 N–H and O–H groups in total. The molecule has 75 valence electrons. The number of hydrogen-bond acceptors (Lipinski definition) is 0. The molecule has 0 aliphatic carbocycles. The van der Waals surface area contributed by atoms with Crippen LogP contribution in [-0.2, 0) is 0 Å². The highest BCUT2D eigenvalue weighted by atomic mass is 19.2. The minimum atomic E-state index is -1.83. The molecule has 0 spiro atoms. The SMILES string of the molecule is [B-]c1ccc2c(F)c(F)c(F)c(F)c2c1. The highest BCUT2D eigenvalue weighted by Gasteiger charge is 2.19. The van der Waals surface area contributed by atoms with Crippen LogP contribution in [0.1, 0.15) is 0 Å². The van der Waals surface area contributed by atoms with Crippen LogP contribution in [0.3, 0.4) is 0 Å². The molecule has 2 aromatic rings. The van der Waals surface area contributed by atoms with Crippen molar-refractivity contribution in [3.05, 3.63) is 41.5 Å². The first-order valence-electron chi connectivity index (χ1n) is 4.03. The molecule has 5 heteroatoms. The van der Waals surface area contributed by atoms with Crippen LogP contribution >= 0.6 is 0 Å². The van der Waals surface area contributed by atoms with E-state index in [0.717, 1.165) is 12.1 Å². The maximum atomic E-state index is 13.2. The topological polar surface area (TPSA) is 0 Å².